The minimum atomic E-state index is 0.288. The number of rotatable bonds is 20. The topological polar surface area (TPSA) is 267 Å². The van der Waals surface area contributed by atoms with E-state index in [-0.39, 0.29) is 5.92 Å². The van der Waals surface area contributed by atoms with Crippen LogP contribution in [0.25, 0.3) is 88.6 Å². The predicted molar refractivity (Wildman–Crippen MR) is 468 cm³/mol. The molecule has 626 valence electrons. The van der Waals surface area contributed by atoms with E-state index in [0.29, 0.717) is 120 Å². The monoisotopic (exact) mass is 1620 g/mol. The Morgan fingerprint density at radius 2 is 0.719 bits per heavy atom. The van der Waals surface area contributed by atoms with Gasteiger partial charge < -0.3 is 37.9 Å². The summed E-state index contributed by atoms with van der Waals surface area (Å²) < 4.78 is 9.13. The van der Waals surface area contributed by atoms with Crippen LogP contribution in [-0.2, 0) is 51.8 Å². The Kier molecular flexibility index (Phi) is 22.2. The number of hydrogen-bond acceptors (Lipinski definition) is 12. The number of imidazole rings is 4. The first-order valence-corrected chi connectivity index (χ1v) is 45.5. The summed E-state index contributed by atoms with van der Waals surface area (Å²) in [6.45, 7) is 8.03. The molecule has 5 aromatic carbocycles. The third-order valence-corrected chi connectivity index (χ3v) is 29.5. The Bertz CT molecular complexity index is 5730. The normalized spacial score (nSPS) is 24.7. The molecule has 16 heterocycles. The van der Waals surface area contributed by atoms with Crippen molar-refractivity contribution >= 4 is 67.8 Å². The lowest BCUT2D eigenvalue weighted by Crippen LogP contribution is -2.41. The Labute approximate surface area is 706 Å². The zero-order valence-corrected chi connectivity index (χ0v) is 69.9. The summed E-state index contributed by atoms with van der Waals surface area (Å²) in [5.74, 6) is 5.02. The van der Waals surface area contributed by atoms with Gasteiger partial charge in [0.05, 0.1) is 94.2 Å². The summed E-state index contributed by atoms with van der Waals surface area (Å²) in [5.41, 5.74) is 18.8. The predicted octanol–water partition coefficient (Wildman–Crippen LogP) is 17.5. The number of H-pyrrole nitrogens is 4. The van der Waals surface area contributed by atoms with E-state index >= 15 is 0 Å². The second kappa shape index (κ2) is 34.3. The molecule has 24 heteroatoms. The van der Waals surface area contributed by atoms with Crippen LogP contribution in [0.1, 0.15) is 180 Å². The first kappa shape index (κ1) is 78.3. The van der Waals surface area contributed by atoms with Crippen LogP contribution in [0.2, 0.25) is 0 Å². The molecule has 13 aromatic rings. The van der Waals surface area contributed by atoms with Gasteiger partial charge in [-0.3, -0.25) is 39.6 Å². The molecule has 12 atom stereocenters. The molecule has 24 nitrogen and oxygen atoms in total. The van der Waals surface area contributed by atoms with Gasteiger partial charge in [-0.1, -0.05) is 107 Å². The molecule has 4 N–H and O–H groups in total. The average Bonchev–Trinajstić information content (AvgIpc) is 1.62. The number of nitrogens with zero attached hydrogens (tertiary/aromatic N) is 16. The van der Waals surface area contributed by atoms with E-state index in [0.717, 1.165) is 174 Å². The van der Waals surface area contributed by atoms with Crippen LogP contribution in [0.5, 0.6) is 0 Å². The van der Waals surface area contributed by atoms with Crippen molar-refractivity contribution in [2.45, 2.75) is 255 Å². The smallest absolute Gasteiger partial charge is 0.226 e. The van der Waals surface area contributed by atoms with Crippen LogP contribution < -0.4 is 0 Å². The van der Waals surface area contributed by atoms with E-state index in [1.54, 1.807) is 0 Å². The molecule has 10 aliphatic rings. The first-order chi connectivity index (χ1) is 59.4. The fraction of sp³-hybridized carbons (Fsp3) is 0.485. The van der Waals surface area contributed by atoms with Crippen molar-refractivity contribution in [3.05, 3.63) is 184 Å². The number of carbonyl (C=O) groups excluding carboxylic acids is 4. The highest BCUT2D eigenvalue weighted by atomic mass is 16.2. The maximum atomic E-state index is 13.3. The van der Waals surface area contributed by atoms with Gasteiger partial charge in [0, 0.05) is 147 Å². The summed E-state index contributed by atoms with van der Waals surface area (Å²) in [7, 11) is 0. The fourth-order valence-corrected chi connectivity index (χ4v) is 23.7. The summed E-state index contributed by atoms with van der Waals surface area (Å²) >= 11 is 0. The molecule has 0 radical (unpaired) electrons. The minimum Gasteiger partial charge on any atom is -0.336 e. The molecule has 4 amide bonds. The highest BCUT2D eigenvalue weighted by Crippen LogP contribution is 2.49. The number of hydrogen-bond donors (Lipinski definition) is 4. The van der Waals surface area contributed by atoms with Crippen molar-refractivity contribution in [3.8, 4) is 44.5 Å². The number of carbonyl (C=O) groups is 4. The van der Waals surface area contributed by atoms with Crippen molar-refractivity contribution in [2.75, 3.05) is 0 Å². The lowest BCUT2D eigenvalue weighted by atomic mass is 9.86. The second-order valence-electron chi connectivity index (χ2n) is 37.3. The van der Waals surface area contributed by atoms with Gasteiger partial charge >= 0.3 is 0 Å². The highest BCUT2D eigenvalue weighted by Gasteiger charge is 2.53. The number of amides is 4. The van der Waals surface area contributed by atoms with Gasteiger partial charge in [0.15, 0.2) is 0 Å². The maximum Gasteiger partial charge on any atom is 0.226 e. The number of nitrogens with one attached hydrogen (secondary N) is 4. The molecule has 2 aliphatic carbocycles. The van der Waals surface area contributed by atoms with Gasteiger partial charge in [0.25, 0.3) is 0 Å². The van der Waals surface area contributed by atoms with Crippen LogP contribution in [0.3, 0.4) is 0 Å². The van der Waals surface area contributed by atoms with Crippen molar-refractivity contribution < 1.29 is 19.2 Å². The van der Waals surface area contributed by atoms with E-state index in [1.165, 1.54) is 100 Å². The SMILES string of the molecule is CC(C)CC(=O)N1C2CCC1C(Cn1cnc3cc(-c4cn[nH]c4)ccc31)C2.O=C(C1CCCCC1)N1C2CCC1C(Cn1cnc3cc(-c4cn[nH]c4)ccc31)C2.O=C(CC1CCCCC1)N1C2CCC1C(Cn1cnc3cc(-c4cn[nH]c4)ccc31)C2.O=C(CCc1ccccc1)N1C2CCC1C(Cn1cnc3cc(-c4cn[nH]c4)ccc31)C2. The van der Waals surface area contributed by atoms with Crippen molar-refractivity contribution in [1.29, 1.82) is 0 Å². The Morgan fingerprint density at radius 1 is 0.372 bits per heavy atom. The summed E-state index contributed by atoms with van der Waals surface area (Å²) in [5, 5.41) is 27.7. The number of aromatic nitrogens is 16. The summed E-state index contributed by atoms with van der Waals surface area (Å²) in [4.78, 5) is 80.0. The molecule has 12 unspecified atom stereocenters. The highest BCUT2D eigenvalue weighted by molar-refractivity contribution is 5.86. The van der Waals surface area contributed by atoms with Crippen LogP contribution in [0, 0.1) is 41.4 Å². The molecule has 23 rings (SSSR count). The van der Waals surface area contributed by atoms with E-state index in [4.69, 9.17) is 0 Å². The van der Waals surface area contributed by atoms with E-state index in [1.807, 2.05) is 93.1 Å². The number of fused-ring (bicyclic) bond motifs is 12. The standard InChI is InChI=1S/C26H27N5O.C25H31N5O.C24H29N5O.C22H27N5O/c32-26(11-6-18-4-2-1-3-5-18)31-22-8-10-24(31)20(12-22)16-30-17-27-23-13-19(7-9-25(23)30)21-14-28-29-15-21;31-25(10-17-4-2-1-3-5-17)30-21-7-9-23(30)19(11-21)15-29-16-26-22-12-18(6-8-24(22)29)20-13-27-28-14-20;30-24(16-4-2-1-3-5-16)29-20-7-9-22(29)18(10-20)14-28-15-25-21-11-17(6-8-23(21)28)19-12-26-27-13-19;1-14(2)7-22(28)27-18-4-6-20(27)16(8-18)12-26-13-23-19-9-15(3-5-21(19)26)17-10-24-25-11-17/h1-5,7,9,13-15,17,20,22,24H,6,8,10-12,16H2,(H,28,29);6,8,12-14,16-17,19,21,23H,1-5,7,9-11,15H2,(H,27,28);6,8,11-13,15-16,18,20,22H,1-5,7,9-10,14H2,(H,26,27);3,5,9-11,13-14,16,18,20H,4,6-8,12H2,1-2H3,(H,24,25). The van der Waals surface area contributed by atoms with Crippen molar-refractivity contribution in [2.24, 2.45) is 41.4 Å². The number of aromatic amines is 4. The second-order valence-corrected chi connectivity index (χ2v) is 37.3. The summed E-state index contributed by atoms with van der Waals surface area (Å²) in [6, 6.07) is 39.4. The van der Waals surface area contributed by atoms with Gasteiger partial charge in [-0.2, -0.15) is 20.4 Å². The molecular weight excluding hydrogens is 1510 g/mol. The third-order valence-electron chi connectivity index (χ3n) is 29.5. The van der Waals surface area contributed by atoms with Crippen molar-refractivity contribution in [3.63, 3.8) is 0 Å². The largest absolute Gasteiger partial charge is 0.336 e. The Balaban J connectivity index is 0.000000103. The molecule has 10 fully saturated rings. The number of aryl methyl sites for hydroxylation is 1. The van der Waals surface area contributed by atoms with Crippen LogP contribution >= 0.6 is 0 Å². The average molecular weight is 1620 g/mol. The molecule has 0 spiro atoms. The zero-order chi connectivity index (χ0) is 81.6. The molecule has 8 saturated heterocycles. The van der Waals surface area contributed by atoms with Gasteiger partial charge in [0.1, 0.15) is 0 Å². The molecular formula is C97H114N20O4. The van der Waals surface area contributed by atoms with Crippen LogP contribution in [-0.4, -0.2) is 171 Å². The lowest BCUT2D eigenvalue weighted by Gasteiger charge is -2.30. The van der Waals surface area contributed by atoms with Gasteiger partial charge in [-0.25, -0.2) is 19.9 Å². The molecule has 2 saturated carbocycles. The quantitative estimate of drug-likeness (QED) is 0.0555. The minimum absolute atomic E-state index is 0.288. The zero-order valence-electron chi connectivity index (χ0n) is 69.9. The van der Waals surface area contributed by atoms with E-state index in [2.05, 4.69) is 197 Å². The molecule has 8 bridgehead atoms. The lowest BCUT2D eigenvalue weighted by molar-refractivity contribution is -0.138. The fourth-order valence-electron chi connectivity index (χ4n) is 23.7. The number of benzene rings is 5. The first-order valence-electron chi connectivity index (χ1n) is 45.5. The Hall–Kier alpha value is -11.3. The van der Waals surface area contributed by atoms with Gasteiger partial charge in [-0.05, 0) is 221 Å². The molecule has 121 heavy (non-hydrogen) atoms. The summed E-state index contributed by atoms with van der Waals surface area (Å²) in [6.07, 6.45) is 52.0. The molecule has 8 aromatic heterocycles. The van der Waals surface area contributed by atoms with E-state index < -0.39 is 0 Å². The van der Waals surface area contributed by atoms with Crippen LogP contribution in [0.4, 0.5) is 0 Å². The van der Waals surface area contributed by atoms with Crippen molar-refractivity contribution in [1.82, 2.24) is 98.6 Å². The Morgan fingerprint density at radius 3 is 1.08 bits per heavy atom. The maximum absolute atomic E-state index is 13.3. The van der Waals surface area contributed by atoms with Gasteiger partial charge in [-0.15, -0.1) is 0 Å². The third kappa shape index (κ3) is 16.0. The molecule has 8 aliphatic heterocycles. The van der Waals surface area contributed by atoms with Crippen LogP contribution in [0.15, 0.2) is 178 Å². The van der Waals surface area contributed by atoms with E-state index in [9.17, 15) is 19.2 Å². The van der Waals surface area contributed by atoms with Gasteiger partial charge in [0.2, 0.25) is 23.6 Å².